The highest BCUT2D eigenvalue weighted by Gasteiger charge is 2.28. The molecule has 1 unspecified atom stereocenters. The molecule has 0 bridgehead atoms. The van der Waals surface area contributed by atoms with Crippen molar-refractivity contribution in [2.45, 2.75) is 25.8 Å². The largest absolute Gasteiger partial charge is 0.469 e. The molecule has 6 nitrogen and oxygen atoms in total. The maximum absolute atomic E-state index is 13.7. The zero-order valence-electron chi connectivity index (χ0n) is 17.0. The van der Waals surface area contributed by atoms with Gasteiger partial charge in [0.1, 0.15) is 10.9 Å². The van der Waals surface area contributed by atoms with Crippen LogP contribution >= 0.6 is 22.7 Å². The van der Waals surface area contributed by atoms with E-state index in [9.17, 15) is 14.4 Å². The van der Waals surface area contributed by atoms with Crippen LogP contribution in [0.3, 0.4) is 0 Å². The third kappa shape index (κ3) is 3.96. The summed E-state index contributed by atoms with van der Waals surface area (Å²) in [6.45, 7) is 2.04. The maximum Gasteiger partial charge on any atom is 0.308 e. The number of ketones is 1. The molecule has 158 valence electrons. The fraction of sp³-hybridized carbons (Fsp3) is 0.217. The minimum Gasteiger partial charge on any atom is -0.469 e. The van der Waals surface area contributed by atoms with E-state index >= 15 is 0 Å². The van der Waals surface area contributed by atoms with Crippen LogP contribution in [0.5, 0.6) is 0 Å². The third-order valence-corrected chi connectivity index (χ3v) is 7.21. The molecule has 1 atom stereocenters. The van der Waals surface area contributed by atoms with Crippen LogP contribution in [0.25, 0.3) is 20.7 Å². The molecule has 0 amide bonds. The van der Waals surface area contributed by atoms with E-state index in [1.165, 1.54) is 29.3 Å². The summed E-state index contributed by atoms with van der Waals surface area (Å²) >= 11 is 3.04. The van der Waals surface area contributed by atoms with Crippen molar-refractivity contribution in [1.29, 1.82) is 0 Å². The van der Waals surface area contributed by atoms with Gasteiger partial charge in [0.15, 0.2) is 5.78 Å². The lowest BCUT2D eigenvalue weighted by Gasteiger charge is -2.17. The second kappa shape index (κ2) is 8.95. The molecule has 0 saturated heterocycles. The number of esters is 1. The summed E-state index contributed by atoms with van der Waals surface area (Å²) in [6.07, 6.45) is 1.88. The average Bonchev–Trinajstić information content (AvgIpc) is 3.45. The molecule has 0 N–H and O–H groups in total. The molecule has 4 aromatic rings. The number of hydrogen-bond acceptors (Lipinski definition) is 7. The Balaban J connectivity index is 1.92. The van der Waals surface area contributed by atoms with Crippen molar-refractivity contribution in [2.24, 2.45) is 0 Å². The highest BCUT2D eigenvalue weighted by atomic mass is 32.1. The fourth-order valence-electron chi connectivity index (χ4n) is 3.56. The molecule has 0 radical (unpaired) electrons. The van der Waals surface area contributed by atoms with Crippen LogP contribution in [0, 0.1) is 0 Å². The van der Waals surface area contributed by atoms with E-state index in [2.05, 4.69) is 4.98 Å². The molecule has 3 heterocycles. The summed E-state index contributed by atoms with van der Waals surface area (Å²) < 4.78 is 6.07. The lowest BCUT2D eigenvalue weighted by atomic mass is 10.0. The Kier molecular flexibility index (Phi) is 6.11. The minimum atomic E-state index is -1.04. The highest BCUT2D eigenvalue weighted by Crippen LogP contribution is 2.38. The van der Waals surface area contributed by atoms with E-state index in [-0.39, 0.29) is 17.8 Å². The van der Waals surface area contributed by atoms with Crippen LogP contribution in [0.4, 0.5) is 0 Å². The van der Waals surface area contributed by atoms with E-state index < -0.39 is 12.0 Å². The predicted molar refractivity (Wildman–Crippen MR) is 123 cm³/mol. The van der Waals surface area contributed by atoms with Crippen molar-refractivity contribution in [3.63, 3.8) is 0 Å². The van der Waals surface area contributed by atoms with Gasteiger partial charge in [0.2, 0.25) is 0 Å². The van der Waals surface area contributed by atoms with Crippen LogP contribution in [-0.4, -0.2) is 28.4 Å². The Labute approximate surface area is 186 Å². The average molecular weight is 453 g/mol. The Morgan fingerprint density at radius 2 is 1.94 bits per heavy atom. The highest BCUT2D eigenvalue weighted by molar-refractivity contribution is 7.20. The van der Waals surface area contributed by atoms with Gasteiger partial charge in [-0.25, -0.2) is 4.98 Å². The van der Waals surface area contributed by atoms with Crippen molar-refractivity contribution in [3.8, 4) is 10.4 Å². The molecular weight excluding hydrogens is 432 g/mol. The van der Waals surface area contributed by atoms with Gasteiger partial charge in [-0.2, -0.15) is 0 Å². The lowest BCUT2D eigenvalue weighted by Crippen LogP contribution is -2.32. The number of benzene rings is 1. The molecule has 1 aromatic carbocycles. The minimum absolute atomic E-state index is 0.254. The maximum atomic E-state index is 13.7. The first-order valence-electron chi connectivity index (χ1n) is 9.77. The topological polar surface area (TPSA) is 78.3 Å². The van der Waals surface area contributed by atoms with E-state index in [0.29, 0.717) is 15.8 Å². The molecule has 0 saturated carbocycles. The second-order valence-corrected chi connectivity index (χ2v) is 8.93. The number of methoxy groups -OCH3 is 1. The predicted octanol–water partition coefficient (Wildman–Crippen LogP) is 4.74. The summed E-state index contributed by atoms with van der Waals surface area (Å²) in [5.41, 5.74) is 0.956. The smallest absolute Gasteiger partial charge is 0.308 e. The van der Waals surface area contributed by atoms with Crippen LogP contribution in [-0.2, 0) is 16.0 Å². The van der Waals surface area contributed by atoms with Gasteiger partial charge in [-0.15, -0.1) is 22.7 Å². The summed E-state index contributed by atoms with van der Waals surface area (Å²) in [6, 6.07) is 11.5. The molecule has 0 aliphatic rings. The molecule has 3 aromatic heterocycles. The number of carbonyl (C=O) groups is 2. The Morgan fingerprint density at radius 1 is 1.16 bits per heavy atom. The number of carbonyl (C=O) groups excluding carboxylic acids is 2. The number of nitrogens with zero attached hydrogens (tertiary/aromatic N) is 2. The van der Waals surface area contributed by atoms with Crippen molar-refractivity contribution in [3.05, 3.63) is 75.0 Å². The zero-order chi connectivity index (χ0) is 22.0. The molecule has 0 fully saturated rings. The van der Waals surface area contributed by atoms with E-state index in [0.717, 1.165) is 21.7 Å². The van der Waals surface area contributed by atoms with Crippen molar-refractivity contribution < 1.29 is 14.3 Å². The lowest BCUT2D eigenvalue weighted by molar-refractivity contribution is -0.141. The van der Waals surface area contributed by atoms with Crippen LogP contribution in [0.15, 0.2) is 59.0 Å². The first-order chi connectivity index (χ1) is 15.0. The van der Waals surface area contributed by atoms with E-state index in [1.54, 1.807) is 41.7 Å². The van der Waals surface area contributed by atoms with Crippen molar-refractivity contribution in [1.82, 2.24) is 9.55 Å². The summed E-state index contributed by atoms with van der Waals surface area (Å²) in [7, 11) is 1.26. The van der Waals surface area contributed by atoms with Gasteiger partial charge in [0.25, 0.3) is 5.56 Å². The van der Waals surface area contributed by atoms with Crippen molar-refractivity contribution >= 4 is 44.6 Å². The Hall–Kier alpha value is -3.10. The third-order valence-electron chi connectivity index (χ3n) is 5.08. The van der Waals surface area contributed by atoms with Crippen LogP contribution < -0.4 is 5.56 Å². The van der Waals surface area contributed by atoms with Gasteiger partial charge >= 0.3 is 5.97 Å². The number of rotatable bonds is 7. The molecule has 8 heteroatoms. The number of aromatic nitrogens is 2. The van der Waals surface area contributed by atoms with E-state index in [1.807, 2.05) is 24.4 Å². The van der Waals surface area contributed by atoms with Crippen molar-refractivity contribution in [2.75, 3.05) is 7.11 Å². The quantitative estimate of drug-likeness (QED) is 0.299. The fourth-order valence-corrected chi connectivity index (χ4v) is 5.51. The Bertz CT molecular complexity index is 1290. The van der Waals surface area contributed by atoms with Gasteiger partial charge in [0.05, 0.1) is 25.2 Å². The number of fused-ring (bicyclic) bond motifs is 1. The van der Waals surface area contributed by atoms with Gasteiger partial charge in [-0.05, 0) is 17.9 Å². The van der Waals surface area contributed by atoms with Gasteiger partial charge in [0, 0.05) is 20.9 Å². The van der Waals surface area contributed by atoms with E-state index in [4.69, 9.17) is 4.74 Å². The second-order valence-electron chi connectivity index (χ2n) is 6.89. The Morgan fingerprint density at radius 3 is 2.58 bits per heavy atom. The molecule has 31 heavy (non-hydrogen) atoms. The van der Waals surface area contributed by atoms with Gasteiger partial charge in [-0.3, -0.25) is 19.0 Å². The van der Waals surface area contributed by atoms with Gasteiger partial charge in [-0.1, -0.05) is 43.3 Å². The number of hydrogen-bond donors (Lipinski definition) is 0. The summed E-state index contributed by atoms with van der Waals surface area (Å²) in [4.78, 5) is 46.2. The monoisotopic (exact) mass is 452 g/mol. The molecule has 0 spiro atoms. The summed E-state index contributed by atoms with van der Waals surface area (Å²) in [5.74, 6) is -0.905. The first-order valence-corrected chi connectivity index (χ1v) is 11.5. The van der Waals surface area contributed by atoms with Crippen LogP contribution in [0.2, 0.25) is 0 Å². The summed E-state index contributed by atoms with van der Waals surface area (Å²) in [5, 5.41) is 2.45. The number of aryl methyl sites for hydroxylation is 1. The molecule has 4 rings (SSSR count). The number of thiophene rings is 2. The SMILES string of the molecule is CCc1sc2ncn(C(CC(=O)OC)C(=O)c3ccccc3)c(=O)c2c1-c1cccs1. The number of ether oxygens (including phenoxy) is 1. The molecule has 0 aliphatic heterocycles. The zero-order valence-corrected chi connectivity index (χ0v) is 18.7. The standard InChI is InChI=1S/C23H20N2O4S2/c1-3-16-19(17-10-7-11-30-17)20-22(31-16)24-13-25(23(20)28)15(12-18(26)29-2)21(27)14-8-5-4-6-9-14/h4-11,13,15H,3,12H2,1-2H3. The van der Waals surface area contributed by atoms with Crippen LogP contribution in [0.1, 0.15) is 34.6 Å². The number of Topliss-reactive ketones (excluding diaryl/α,β-unsaturated/α-hetero) is 1. The molecular formula is C23H20N2O4S2. The first kappa shape index (κ1) is 21.1. The molecule has 0 aliphatic carbocycles. The van der Waals surface area contributed by atoms with Gasteiger partial charge < -0.3 is 4.74 Å². The normalized spacial score (nSPS) is 12.1.